The van der Waals surface area contributed by atoms with Crippen LogP contribution >= 0.6 is 0 Å². The second-order valence-corrected chi connectivity index (χ2v) is 8.08. The molecule has 7 heteroatoms. The first-order valence-corrected chi connectivity index (χ1v) is 10.5. The molecule has 2 aliphatic rings. The highest BCUT2D eigenvalue weighted by Gasteiger charge is 2.44. The summed E-state index contributed by atoms with van der Waals surface area (Å²) >= 11 is 0. The highest BCUT2D eigenvalue weighted by atomic mass is 16.5. The van der Waals surface area contributed by atoms with Crippen LogP contribution in [0.25, 0.3) is 0 Å². The van der Waals surface area contributed by atoms with E-state index in [0.717, 1.165) is 42.2 Å². The number of carbonyl (C=O) groups excluding carboxylic acids is 1. The molecule has 1 saturated heterocycles. The van der Waals surface area contributed by atoms with Crippen LogP contribution in [-0.2, 0) is 13.1 Å². The van der Waals surface area contributed by atoms with Gasteiger partial charge in [-0.15, -0.1) is 0 Å². The van der Waals surface area contributed by atoms with Gasteiger partial charge in [-0.05, 0) is 35.9 Å². The van der Waals surface area contributed by atoms with E-state index in [4.69, 9.17) is 9.47 Å². The molecule has 0 aliphatic carbocycles. The van der Waals surface area contributed by atoms with Crippen molar-refractivity contribution in [3.8, 4) is 11.6 Å². The van der Waals surface area contributed by atoms with Crippen LogP contribution in [0.4, 0.5) is 0 Å². The average molecular weight is 418 g/mol. The van der Waals surface area contributed by atoms with Crippen LogP contribution in [0.1, 0.15) is 27.7 Å². The average Bonchev–Trinajstić information content (AvgIpc) is 3.45. The summed E-state index contributed by atoms with van der Waals surface area (Å²) in [7, 11) is 3.31. The molecule has 0 saturated carbocycles. The number of benzene rings is 1. The monoisotopic (exact) mass is 418 g/mol. The highest BCUT2D eigenvalue weighted by molar-refractivity contribution is 5.94. The van der Waals surface area contributed by atoms with Gasteiger partial charge in [-0.1, -0.05) is 18.2 Å². The number of pyridine rings is 1. The van der Waals surface area contributed by atoms with Crippen molar-refractivity contribution in [3.63, 3.8) is 0 Å². The van der Waals surface area contributed by atoms with E-state index >= 15 is 0 Å². The Kier molecular flexibility index (Phi) is 5.11. The Bertz CT molecular complexity index is 1080. The van der Waals surface area contributed by atoms with E-state index in [1.165, 1.54) is 0 Å². The lowest BCUT2D eigenvalue weighted by Gasteiger charge is -2.38. The summed E-state index contributed by atoms with van der Waals surface area (Å²) in [6.07, 6.45) is 3.78. The number of hydrogen-bond donors (Lipinski definition) is 0. The molecule has 1 aromatic carbocycles. The van der Waals surface area contributed by atoms with Crippen molar-refractivity contribution >= 4 is 5.91 Å². The third-order valence-corrected chi connectivity index (χ3v) is 6.30. The first-order valence-electron chi connectivity index (χ1n) is 10.5. The molecule has 2 aliphatic heterocycles. The van der Waals surface area contributed by atoms with Gasteiger partial charge in [0.25, 0.3) is 5.91 Å². The SMILES string of the molecule is COc1ccc(CN2C(=O)c3cccn3C3CN(Cc4cccnc4OC)CC32)cc1. The van der Waals surface area contributed by atoms with Gasteiger partial charge in [0.05, 0.1) is 26.3 Å². The van der Waals surface area contributed by atoms with Crippen LogP contribution in [-0.4, -0.2) is 58.6 Å². The summed E-state index contributed by atoms with van der Waals surface area (Å²) in [6.45, 7) is 3.00. The molecule has 0 bridgehead atoms. The predicted octanol–water partition coefficient (Wildman–Crippen LogP) is 2.98. The summed E-state index contributed by atoms with van der Waals surface area (Å²) in [5.41, 5.74) is 2.92. The van der Waals surface area contributed by atoms with Crippen molar-refractivity contribution in [3.05, 3.63) is 77.7 Å². The van der Waals surface area contributed by atoms with Crippen LogP contribution in [0.15, 0.2) is 60.9 Å². The second-order valence-electron chi connectivity index (χ2n) is 8.08. The molecule has 5 rings (SSSR count). The molecular formula is C24H26N4O3. The fourth-order valence-corrected chi connectivity index (χ4v) is 4.80. The molecular weight excluding hydrogens is 392 g/mol. The zero-order valence-corrected chi connectivity index (χ0v) is 17.8. The Morgan fingerprint density at radius 1 is 0.968 bits per heavy atom. The van der Waals surface area contributed by atoms with Crippen LogP contribution in [0, 0.1) is 0 Å². The first kappa shape index (κ1) is 19.6. The van der Waals surface area contributed by atoms with E-state index in [9.17, 15) is 4.79 Å². The van der Waals surface area contributed by atoms with Crippen molar-refractivity contribution in [1.82, 2.24) is 19.4 Å². The Labute approximate surface area is 181 Å². The highest BCUT2D eigenvalue weighted by Crippen LogP contribution is 2.35. The molecule has 4 heterocycles. The number of hydrogen-bond acceptors (Lipinski definition) is 5. The maximum absolute atomic E-state index is 13.3. The van der Waals surface area contributed by atoms with Crippen molar-refractivity contribution in [1.29, 1.82) is 0 Å². The number of amides is 1. The van der Waals surface area contributed by atoms with Crippen molar-refractivity contribution in [2.75, 3.05) is 27.3 Å². The number of aromatic nitrogens is 2. The molecule has 2 atom stereocenters. The van der Waals surface area contributed by atoms with E-state index in [1.807, 2.05) is 53.6 Å². The predicted molar refractivity (Wildman–Crippen MR) is 116 cm³/mol. The lowest BCUT2D eigenvalue weighted by atomic mass is 10.0. The standard InChI is InChI=1S/C24H26N4O3/c1-30-19-9-7-17(8-10-19)13-28-22-16-26(14-18-5-3-11-25-23(18)31-2)15-21(22)27-12-4-6-20(27)24(28)29/h3-12,21-22H,13-16H2,1-2H3. The van der Waals surface area contributed by atoms with Crippen LogP contribution in [0.3, 0.4) is 0 Å². The Balaban J connectivity index is 1.41. The molecule has 0 spiro atoms. The number of ether oxygens (including phenoxy) is 2. The second kappa shape index (κ2) is 8.07. The fraction of sp³-hybridized carbons (Fsp3) is 0.333. The molecule has 160 valence electrons. The molecule has 7 nitrogen and oxygen atoms in total. The molecule has 31 heavy (non-hydrogen) atoms. The normalized spacial score (nSPS) is 20.5. The molecule has 3 aromatic rings. The molecule has 1 fully saturated rings. The number of fused-ring (bicyclic) bond motifs is 3. The molecule has 1 amide bonds. The van der Waals surface area contributed by atoms with E-state index in [0.29, 0.717) is 12.4 Å². The molecule has 0 N–H and O–H groups in total. The van der Waals surface area contributed by atoms with E-state index in [1.54, 1.807) is 20.4 Å². The minimum Gasteiger partial charge on any atom is -0.497 e. The van der Waals surface area contributed by atoms with Gasteiger partial charge in [-0.25, -0.2) is 4.98 Å². The van der Waals surface area contributed by atoms with Gasteiger partial charge in [0.15, 0.2) is 0 Å². The van der Waals surface area contributed by atoms with Crippen molar-refractivity contribution in [2.24, 2.45) is 0 Å². The molecule has 0 radical (unpaired) electrons. The van der Waals surface area contributed by atoms with Crippen LogP contribution < -0.4 is 9.47 Å². The van der Waals surface area contributed by atoms with Crippen LogP contribution in [0.5, 0.6) is 11.6 Å². The Hall–Kier alpha value is -3.32. The van der Waals surface area contributed by atoms with Gasteiger partial charge < -0.3 is 18.9 Å². The van der Waals surface area contributed by atoms with Gasteiger partial charge in [0, 0.05) is 44.1 Å². The maximum atomic E-state index is 13.3. The maximum Gasteiger partial charge on any atom is 0.271 e. The van der Waals surface area contributed by atoms with E-state index in [-0.39, 0.29) is 18.0 Å². The summed E-state index contributed by atoms with van der Waals surface area (Å²) in [5, 5.41) is 0. The quantitative estimate of drug-likeness (QED) is 0.616. The Morgan fingerprint density at radius 3 is 2.55 bits per heavy atom. The van der Waals surface area contributed by atoms with E-state index in [2.05, 4.69) is 20.5 Å². The number of rotatable bonds is 6. The molecule has 2 unspecified atom stereocenters. The van der Waals surface area contributed by atoms with Crippen molar-refractivity contribution < 1.29 is 14.3 Å². The first-order chi connectivity index (χ1) is 15.2. The fourth-order valence-electron chi connectivity index (χ4n) is 4.80. The number of methoxy groups -OCH3 is 2. The third kappa shape index (κ3) is 3.55. The van der Waals surface area contributed by atoms with Gasteiger partial charge >= 0.3 is 0 Å². The number of likely N-dealkylation sites (tertiary alicyclic amines) is 1. The Morgan fingerprint density at radius 2 is 1.77 bits per heavy atom. The summed E-state index contributed by atoms with van der Waals surface area (Å²) in [4.78, 5) is 22.1. The summed E-state index contributed by atoms with van der Waals surface area (Å²) in [5.74, 6) is 1.56. The minimum absolute atomic E-state index is 0.0860. The number of nitrogens with zero attached hydrogens (tertiary/aromatic N) is 4. The minimum atomic E-state index is 0.0860. The van der Waals surface area contributed by atoms with Gasteiger partial charge in [-0.3, -0.25) is 9.69 Å². The van der Waals surface area contributed by atoms with Gasteiger partial charge in [0.2, 0.25) is 5.88 Å². The number of carbonyl (C=O) groups is 1. The van der Waals surface area contributed by atoms with Gasteiger partial charge in [-0.2, -0.15) is 0 Å². The van der Waals surface area contributed by atoms with E-state index < -0.39 is 0 Å². The molecule has 2 aromatic heterocycles. The van der Waals surface area contributed by atoms with Gasteiger partial charge in [0.1, 0.15) is 11.4 Å². The summed E-state index contributed by atoms with van der Waals surface area (Å²) in [6, 6.07) is 16.2. The smallest absolute Gasteiger partial charge is 0.271 e. The largest absolute Gasteiger partial charge is 0.497 e. The lowest BCUT2D eigenvalue weighted by Crippen LogP contribution is -2.49. The van der Waals surface area contributed by atoms with Crippen LogP contribution in [0.2, 0.25) is 0 Å². The van der Waals surface area contributed by atoms with Crippen molar-refractivity contribution in [2.45, 2.75) is 25.2 Å². The third-order valence-electron chi connectivity index (χ3n) is 6.30. The zero-order valence-electron chi connectivity index (χ0n) is 17.8. The summed E-state index contributed by atoms with van der Waals surface area (Å²) < 4.78 is 12.9. The topological polar surface area (TPSA) is 59.8 Å². The lowest BCUT2D eigenvalue weighted by molar-refractivity contribution is 0.0556. The zero-order chi connectivity index (χ0) is 21.4.